The van der Waals surface area contributed by atoms with Crippen molar-refractivity contribution in [1.82, 2.24) is 10.6 Å². The molecule has 0 aromatic heterocycles. The van der Waals surface area contributed by atoms with E-state index in [2.05, 4.69) is 24.5 Å². The third-order valence-electron chi connectivity index (χ3n) is 4.15. The van der Waals surface area contributed by atoms with Gasteiger partial charge in [0.25, 0.3) is 0 Å². The highest BCUT2D eigenvalue weighted by molar-refractivity contribution is 5.85. The van der Waals surface area contributed by atoms with Crippen molar-refractivity contribution in [3.8, 4) is 0 Å². The van der Waals surface area contributed by atoms with Gasteiger partial charge in [-0.25, -0.2) is 0 Å². The molecule has 2 aliphatic heterocycles. The molecule has 106 valence electrons. The molecule has 2 fully saturated rings. The van der Waals surface area contributed by atoms with Gasteiger partial charge in [-0.3, -0.25) is 4.79 Å². The number of amides is 1. The van der Waals surface area contributed by atoms with Crippen LogP contribution in [0.2, 0.25) is 0 Å². The van der Waals surface area contributed by atoms with Gasteiger partial charge in [0.2, 0.25) is 5.91 Å². The van der Waals surface area contributed by atoms with Crippen LogP contribution in [0.1, 0.15) is 58.8 Å². The molecule has 2 heterocycles. The molecule has 1 amide bonds. The smallest absolute Gasteiger partial charge is 0.220 e. The average Bonchev–Trinajstić information content (AvgIpc) is 2.58. The number of halogens is 1. The molecular formula is C14H27ClN2O. The molecule has 18 heavy (non-hydrogen) atoms. The highest BCUT2D eigenvalue weighted by atomic mass is 35.5. The monoisotopic (exact) mass is 274 g/mol. The lowest BCUT2D eigenvalue weighted by atomic mass is 9.98. The maximum Gasteiger partial charge on any atom is 0.220 e. The maximum absolute atomic E-state index is 11.9. The number of carbonyl (C=O) groups is 1. The van der Waals surface area contributed by atoms with Crippen LogP contribution in [0.3, 0.4) is 0 Å². The standard InChI is InChI=1S/C14H26N2O.ClH/c1-3-4-10(2)7-14(17)16-13-8-11-5-6-12(9-13)15-11;/h10-13,15H,3-9H2,1-2H3,(H,16,17);1H. The van der Waals surface area contributed by atoms with Crippen molar-refractivity contribution in [3.63, 3.8) is 0 Å². The zero-order chi connectivity index (χ0) is 12.3. The van der Waals surface area contributed by atoms with E-state index in [9.17, 15) is 4.79 Å². The first-order valence-corrected chi connectivity index (χ1v) is 7.22. The van der Waals surface area contributed by atoms with E-state index in [0.717, 1.165) is 19.3 Å². The number of fused-ring (bicyclic) bond motifs is 2. The van der Waals surface area contributed by atoms with Gasteiger partial charge in [0.1, 0.15) is 0 Å². The summed E-state index contributed by atoms with van der Waals surface area (Å²) in [7, 11) is 0. The van der Waals surface area contributed by atoms with Gasteiger partial charge in [-0.05, 0) is 31.6 Å². The summed E-state index contributed by atoms with van der Waals surface area (Å²) in [4.78, 5) is 11.9. The van der Waals surface area contributed by atoms with E-state index in [0.29, 0.717) is 30.5 Å². The Morgan fingerprint density at radius 1 is 1.33 bits per heavy atom. The van der Waals surface area contributed by atoms with Gasteiger partial charge in [0.05, 0.1) is 0 Å². The van der Waals surface area contributed by atoms with Crippen LogP contribution in [-0.4, -0.2) is 24.0 Å². The lowest BCUT2D eigenvalue weighted by Crippen LogP contribution is -2.48. The lowest BCUT2D eigenvalue weighted by Gasteiger charge is -2.30. The van der Waals surface area contributed by atoms with Crippen LogP contribution in [0.4, 0.5) is 0 Å². The summed E-state index contributed by atoms with van der Waals surface area (Å²) in [6, 6.07) is 1.74. The Bertz CT molecular complexity index is 261. The Balaban J connectivity index is 0.00000162. The van der Waals surface area contributed by atoms with E-state index in [1.54, 1.807) is 0 Å². The number of hydrogen-bond acceptors (Lipinski definition) is 2. The van der Waals surface area contributed by atoms with Crippen LogP contribution in [0.25, 0.3) is 0 Å². The summed E-state index contributed by atoms with van der Waals surface area (Å²) in [5, 5.41) is 6.83. The van der Waals surface area contributed by atoms with Crippen LogP contribution in [0.5, 0.6) is 0 Å². The predicted molar refractivity (Wildman–Crippen MR) is 77.0 cm³/mol. The van der Waals surface area contributed by atoms with E-state index < -0.39 is 0 Å². The van der Waals surface area contributed by atoms with Gasteiger partial charge in [-0.2, -0.15) is 0 Å². The summed E-state index contributed by atoms with van der Waals surface area (Å²) >= 11 is 0. The molecule has 2 aliphatic rings. The van der Waals surface area contributed by atoms with Crippen LogP contribution in [0, 0.1) is 5.92 Å². The number of carbonyl (C=O) groups excluding carboxylic acids is 1. The van der Waals surface area contributed by atoms with Crippen molar-refractivity contribution in [3.05, 3.63) is 0 Å². The molecule has 0 spiro atoms. The largest absolute Gasteiger partial charge is 0.353 e. The molecular weight excluding hydrogens is 248 g/mol. The van der Waals surface area contributed by atoms with Crippen molar-refractivity contribution in [2.45, 2.75) is 76.9 Å². The third kappa shape index (κ3) is 4.43. The lowest BCUT2D eigenvalue weighted by molar-refractivity contribution is -0.122. The fraction of sp³-hybridized carbons (Fsp3) is 0.929. The third-order valence-corrected chi connectivity index (χ3v) is 4.15. The molecule has 2 saturated heterocycles. The fourth-order valence-corrected chi connectivity index (χ4v) is 3.37. The molecule has 4 heteroatoms. The Morgan fingerprint density at radius 3 is 2.50 bits per heavy atom. The van der Waals surface area contributed by atoms with Crippen molar-refractivity contribution < 1.29 is 4.79 Å². The normalized spacial score (nSPS) is 31.6. The Labute approximate surface area is 117 Å². The molecule has 3 nitrogen and oxygen atoms in total. The molecule has 0 aliphatic carbocycles. The molecule has 0 radical (unpaired) electrons. The van der Waals surface area contributed by atoms with Crippen molar-refractivity contribution in [2.75, 3.05) is 0 Å². The first kappa shape index (κ1) is 15.8. The topological polar surface area (TPSA) is 41.1 Å². The zero-order valence-electron chi connectivity index (χ0n) is 11.6. The molecule has 3 atom stereocenters. The van der Waals surface area contributed by atoms with Crippen LogP contribution < -0.4 is 10.6 Å². The minimum Gasteiger partial charge on any atom is -0.353 e. The highest BCUT2D eigenvalue weighted by Crippen LogP contribution is 2.26. The molecule has 2 bridgehead atoms. The first-order valence-electron chi connectivity index (χ1n) is 7.22. The fourth-order valence-electron chi connectivity index (χ4n) is 3.37. The molecule has 0 aromatic rings. The number of nitrogens with one attached hydrogen (secondary N) is 2. The van der Waals surface area contributed by atoms with Gasteiger partial charge >= 0.3 is 0 Å². The van der Waals surface area contributed by atoms with E-state index in [4.69, 9.17) is 0 Å². The quantitative estimate of drug-likeness (QED) is 0.809. The zero-order valence-corrected chi connectivity index (χ0v) is 12.4. The summed E-state index contributed by atoms with van der Waals surface area (Å²) in [6.45, 7) is 4.36. The summed E-state index contributed by atoms with van der Waals surface area (Å²) < 4.78 is 0. The van der Waals surface area contributed by atoms with Crippen LogP contribution in [0.15, 0.2) is 0 Å². The Kier molecular flexibility index (Phi) is 6.44. The number of hydrogen-bond donors (Lipinski definition) is 2. The molecule has 0 aromatic carbocycles. The first-order chi connectivity index (χ1) is 8.17. The van der Waals surface area contributed by atoms with Crippen molar-refractivity contribution in [2.24, 2.45) is 5.92 Å². The van der Waals surface area contributed by atoms with Gasteiger partial charge < -0.3 is 10.6 Å². The SMILES string of the molecule is CCCC(C)CC(=O)NC1CC2CCC(C1)N2.Cl. The summed E-state index contributed by atoms with van der Waals surface area (Å²) in [6.07, 6.45) is 7.88. The highest BCUT2D eigenvalue weighted by Gasteiger charge is 2.33. The molecule has 2 rings (SSSR count). The average molecular weight is 275 g/mol. The van der Waals surface area contributed by atoms with E-state index >= 15 is 0 Å². The summed E-state index contributed by atoms with van der Waals surface area (Å²) in [5.41, 5.74) is 0. The minimum atomic E-state index is 0. The van der Waals surface area contributed by atoms with Crippen molar-refractivity contribution in [1.29, 1.82) is 0 Å². The van der Waals surface area contributed by atoms with Crippen molar-refractivity contribution >= 4 is 18.3 Å². The molecule has 2 N–H and O–H groups in total. The van der Waals surface area contributed by atoms with Gasteiger partial charge in [0, 0.05) is 24.5 Å². The van der Waals surface area contributed by atoms with Gasteiger partial charge in [-0.15, -0.1) is 12.4 Å². The number of piperidine rings is 1. The number of rotatable bonds is 5. The van der Waals surface area contributed by atoms with Crippen LogP contribution in [-0.2, 0) is 4.79 Å². The summed E-state index contributed by atoms with van der Waals surface area (Å²) in [5.74, 6) is 0.788. The second-order valence-electron chi connectivity index (χ2n) is 5.97. The second-order valence-corrected chi connectivity index (χ2v) is 5.97. The van der Waals surface area contributed by atoms with E-state index in [-0.39, 0.29) is 18.3 Å². The van der Waals surface area contributed by atoms with E-state index in [1.807, 2.05) is 0 Å². The second kappa shape index (κ2) is 7.34. The Hall–Kier alpha value is -0.280. The molecule has 3 unspecified atom stereocenters. The predicted octanol–water partition coefficient (Wildman–Crippen LogP) is 2.63. The molecule has 0 saturated carbocycles. The van der Waals surface area contributed by atoms with E-state index in [1.165, 1.54) is 19.3 Å². The Morgan fingerprint density at radius 2 is 1.94 bits per heavy atom. The maximum atomic E-state index is 11.9. The minimum absolute atomic E-state index is 0. The van der Waals surface area contributed by atoms with Gasteiger partial charge in [0.15, 0.2) is 0 Å². The van der Waals surface area contributed by atoms with Gasteiger partial charge in [-0.1, -0.05) is 26.7 Å². The van der Waals surface area contributed by atoms with Crippen LogP contribution >= 0.6 is 12.4 Å².